The van der Waals surface area contributed by atoms with E-state index in [1.165, 1.54) is 11.3 Å². The molecule has 0 unspecified atom stereocenters. The van der Waals surface area contributed by atoms with Crippen molar-refractivity contribution in [3.05, 3.63) is 52.6 Å². The van der Waals surface area contributed by atoms with E-state index in [1.54, 1.807) is 12.1 Å². The van der Waals surface area contributed by atoms with E-state index in [0.29, 0.717) is 13.1 Å². The number of aryl methyl sites for hydroxylation is 2. The molecular weight excluding hydrogens is 480 g/mol. The molecule has 3 rings (SSSR count). The highest BCUT2D eigenvalue weighted by atomic mass is 127. The fourth-order valence-corrected chi connectivity index (χ4v) is 3.91. The maximum atomic E-state index is 14.3. The van der Waals surface area contributed by atoms with E-state index >= 15 is 0 Å². The molecule has 0 aliphatic heterocycles. The maximum Gasteiger partial charge on any atom is 0.191 e. The average Bonchev–Trinajstić information content (AvgIpc) is 3.41. The molecule has 1 aromatic carbocycles. The fraction of sp³-hybridized carbons (Fsp3) is 0.545. The van der Waals surface area contributed by atoms with Crippen LogP contribution in [0.5, 0.6) is 0 Å². The van der Waals surface area contributed by atoms with Crippen LogP contribution in [0.2, 0.25) is 0 Å². The Kier molecular flexibility index (Phi) is 8.48. The Bertz CT molecular complexity index is 842. The smallest absolute Gasteiger partial charge is 0.191 e. The van der Waals surface area contributed by atoms with Crippen molar-refractivity contribution < 1.29 is 4.39 Å². The predicted molar refractivity (Wildman–Crippen MR) is 128 cm³/mol. The first kappa shape index (κ1) is 23.6. The van der Waals surface area contributed by atoms with Gasteiger partial charge in [-0.2, -0.15) is 5.10 Å². The van der Waals surface area contributed by atoms with Gasteiger partial charge in [0.2, 0.25) is 0 Å². The molecule has 1 aliphatic rings. The van der Waals surface area contributed by atoms with Gasteiger partial charge >= 0.3 is 0 Å². The van der Waals surface area contributed by atoms with E-state index in [0.717, 1.165) is 49.4 Å². The summed E-state index contributed by atoms with van der Waals surface area (Å²) in [6.45, 7) is 8.41. The summed E-state index contributed by atoms with van der Waals surface area (Å²) < 4.78 is 16.2. The van der Waals surface area contributed by atoms with E-state index < -0.39 is 0 Å². The predicted octanol–water partition coefficient (Wildman–Crippen LogP) is 4.09. The number of nitrogens with zero attached hydrogens (tertiary/aromatic N) is 3. The van der Waals surface area contributed by atoms with Crippen LogP contribution in [-0.4, -0.2) is 28.8 Å². The van der Waals surface area contributed by atoms with Gasteiger partial charge < -0.3 is 10.6 Å². The van der Waals surface area contributed by atoms with Crippen LogP contribution in [0.1, 0.15) is 56.1 Å². The number of guanidine groups is 1. The largest absolute Gasteiger partial charge is 0.357 e. The van der Waals surface area contributed by atoms with Gasteiger partial charge in [-0.05, 0) is 44.2 Å². The van der Waals surface area contributed by atoms with Crippen LogP contribution < -0.4 is 10.6 Å². The average molecular weight is 513 g/mol. The van der Waals surface area contributed by atoms with Crippen molar-refractivity contribution >= 4 is 29.9 Å². The summed E-state index contributed by atoms with van der Waals surface area (Å²) in [5.74, 6) is 0.664. The van der Waals surface area contributed by atoms with Crippen LogP contribution in [0, 0.1) is 5.82 Å². The molecule has 0 spiro atoms. The van der Waals surface area contributed by atoms with Gasteiger partial charge in [-0.15, -0.1) is 24.0 Å². The van der Waals surface area contributed by atoms with Crippen molar-refractivity contribution in [2.45, 2.75) is 58.4 Å². The van der Waals surface area contributed by atoms with Crippen LogP contribution >= 0.6 is 24.0 Å². The molecule has 29 heavy (non-hydrogen) atoms. The molecule has 1 aliphatic carbocycles. The minimum absolute atomic E-state index is 0. The normalized spacial score (nSPS) is 15.0. The van der Waals surface area contributed by atoms with Gasteiger partial charge in [0.05, 0.1) is 12.2 Å². The first-order chi connectivity index (χ1) is 13.5. The lowest BCUT2D eigenvalue weighted by atomic mass is 9.95. The third kappa shape index (κ3) is 5.29. The molecule has 1 saturated carbocycles. The van der Waals surface area contributed by atoms with Crippen molar-refractivity contribution in [3.63, 3.8) is 0 Å². The van der Waals surface area contributed by atoms with Gasteiger partial charge in [0.25, 0.3) is 0 Å². The lowest BCUT2D eigenvalue weighted by Crippen LogP contribution is -2.41. The van der Waals surface area contributed by atoms with E-state index in [9.17, 15) is 4.39 Å². The minimum atomic E-state index is -0.112. The van der Waals surface area contributed by atoms with E-state index in [1.807, 2.05) is 23.9 Å². The number of aliphatic imine (C=N–C) groups is 1. The summed E-state index contributed by atoms with van der Waals surface area (Å²) in [4.78, 5) is 4.81. The molecule has 0 saturated heterocycles. The van der Waals surface area contributed by atoms with E-state index in [-0.39, 0.29) is 35.2 Å². The van der Waals surface area contributed by atoms with Gasteiger partial charge in [0.1, 0.15) is 5.82 Å². The highest BCUT2D eigenvalue weighted by molar-refractivity contribution is 14.0. The molecule has 2 aromatic rings. The molecule has 2 N–H and O–H groups in total. The number of benzene rings is 1. The summed E-state index contributed by atoms with van der Waals surface area (Å²) in [5.41, 5.74) is 4.27. The van der Waals surface area contributed by atoms with Crippen LogP contribution in [0.15, 0.2) is 29.3 Å². The third-order valence-electron chi connectivity index (χ3n) is 5.66. The van der Waals surface area contributed by atoms with Gasteiger partial charge in [0.15, 0.2) is 5.96 Å². The standard InChI is InChI=1S/C22H32FN5.HI/c1-5-19-16(20(6-2)28(4)27-19)14-25-21(24-7-3)26-15-22(12-13-22)17-10-8-9-11-18(17)23;/h8-11H,5-7,12-15H2,1-4H3,(H2,24,25,26);1H. The third-order valence-corrected chi connectivity index (χ3v) is 5.66. The number of hydrogen-bond donors (Lipinski definition) is 2. The SMILES string of the molecule is CCNC(=NCc1c(CC)nn(C)c1CC)NCC1(c2ccccc2F)CC1.I. The number of hydrogen-bond acceptors (Lipinski definition) is 2. The number of aromatic nitrogens is 2. The maximum absolute atomic E-state index is 14.3. The molecule has 0 radical (unpaired) electrons. The Balaban J connectivity index is 0.00000300. The lowest BCUT2D eigenvalue weighted by Gasteiger charge is -2.19. The first-order valence-electron chi connectivity index (χ1n) is 10.4. The second-order valence-corrected chi connectivity index (χ2v) is 7.51. The first-order valence-corrected chi connectivity index (χ1v) is 10.4. The van der Waals surface area contributed by atoms with Gasteiger partial charge in [-0.1, -0.05) is 32.0 Å². The van der Waals surface area contributed by atoms with Crippen LogP contribution in [0.25, 0.3) is 0 Å². The molecule has 160 valence electrons. The van der Waals surface area contributed by atoms with Crippen LogP contribution in [-0.2, 0) is 31.8 Å². The van der Waals surface area contributed by atoms with Crippen molar-refractivity contribution in [3.8, 4) is 0 Å². The zero-order chi connectivity index (χ0) is 20.1. The Labute approximate surface area is 190 Å². The topological polar surface area (TPSA) is 54.2 Å². The molecule has 7 heteroatoms. The molecule has 1 heterocycles. The monoisotopic (exact) mass is 513 g/mol. The second kappa shape index (κ2) is 10.4. The molecule has 1 aromatic heterocycles. The summed E-state index contributed by atoms with van der Waals surface area (Å²) in [6, 6.07) is 7.12. The quantitative estimate of drug-likeness (QED) is 0.318. The Morgan fingerprint density at radius 2 is 1.90 bits per heavy atom. The van der Waals surface area contributed by atoms with Gasteiger partial charge in [-0.25, -0.2) is 9.38 Å². The number of halogens is 2. The molecule has 1 fully saturated rings. The summed E-state index contributed by atoms with van der Waals surface area (Å²) in [5, 5.41) is 11.4. The van der Waals surface area contributed by atoms with Gasteiger partial charge in [0, 0.05) is 36.8 Å². The fourth-order valence-electron chi connectivity index (χ4n) is 3.91. The summed E-state index contributed by atoms with van der Waals surface area (Å²) in [6.07, 6.45) is 3.85. The number of nitrogens with one attached hydrogen (secondary N) is 2. The van der Waals surface area contributed by atoms with E-state index in [2.05, 4.69) is 36.5 Å². The Hall–Kier alpha value is -1.64. The highest BCUT2D eigenvalue weighted by Crippen LogP contribution is 2.48. The van der Waals surface area contributed by atoms with Crippen molar-refractivity contribution in [2.75, 3.05) is 13.1 Å². The van der Waals surface area contributed by atoms with Gasteiger partial charge in [-0.3, -0.25) is 4.68 Å². The molecule has 0 bridgehead atoms. The van der Waals surface area contributed by atoms with Crippen LogP contribution in [0.3, 0.4) is 0 Å². The molecule has 0 amide bonds. The second-order valence-electron chi connectivity index (χ2n) is 7.51. The minimum Gasteiger partial charge on any atom is -0.357 e. The molecular formula is C22H33FIN5. The number of rotatable bonds is 8. The van der Waals surface area contributed by atoms with Crippen molar-refractivity contribution in [2.24, 2.45) is 12.0 Å². The highest BCUT2D eigenvalue weighted by Gasteiger charge is 2.45. The van der Waals surface area contributed by atoms with Crippen LogP contribution in [0.4, 0.5) is 4.39 Å². The zero-order valence-corrected chi connectivity index (χ0v) is 20.2. The van der Waals surface area contributed by atoms with E-state index in [4.69, 9.17) is 4.99 Å². The Morgan fingerprint density at radius 1 is 1.17 bits per heavy atom. The summed E-state index contributed by atoms with van der Waals surface area (Å²) >= 11 is 0. The lowest BCUT2D eigenvalue weighted by molar-refractivity contribution is 0.559. The van der Waals surface area contributed by atoms with Crippen molar-refractivity contribution in [1.29, 1.82) is 0 Å². The zero-order valence-electron chi connectivity index (χ0n) is 17.9. The summed E-state index contributed by atoms with van der Waals surface area (Å²) in [7, 11) is 2.00. The van der Waals surface area contributed by atoms with Crippen molar-refractivity contribution in [1.82, 2.24) is 20.4 Å². The Morgan fingerprint density at radius 3 is 2.48 bits per heavy atom. The molecule has 5 nitrogen and oxygen atoms in total. The molecule has 0 atom stereocenters.